The third-order valence-corrected chi connectivity index (χ3v) is 15.7. The Labute approximate surface area is 421 Å². The van der Waals surface area contributed by atoms with E-state index in [0.717, 1.165) is 32.3 Å². The molecule has 0 aliphatic carbocycles. The summed E-state index contributed by atoms with van der Waals surface area (Å²) in [6.45, 7) is 12.3. The first-order valence-electron chi connectivity index (χ1n) is 23.2. The number of aryl methyl sites for hydroxylation is 2. The summed E-state index contributed by atoms with van der Waals surface area (Å²) in [6, 6.07) is 15.4. The van der Waals surface area contributed by atoms with Crippen LogP contribution in [0.5, 0.6) is 5.75 Å². The Morgan fingerprint density at radius 3 is 2.42 bits per heavy atom. The fourth-order valence-corrected chi connectivity index (χ4v) is 11.5. The van der Waals surface area contributed by atoms with Crippen LogP contribution >= 0.6 is 22.9 Å². The molecule has 4 aromatic heterocycles. The summed E-state index contributed by atoms with van der Waals surface area (Å²) < 4.78 is 61.6. The van der Waals surface area contributed by atoms with Gasteiger partial charge in [-0.05, 0) is 102 Å². The number of aliphatic imine (C=N–C) groups is 1. The molecule has 6 aromatic rings. The molecule has 71 heavy (non-hydrogen) atoms. The Kier molecular flexibility index (Phi) is 15.7. The number of ether oxygens (including phenoxy) is 5. The van der Waals surface area contributed by atoms with Gasteiger partial charge in [0.1, 0.15) is 22.6 Å². The molecule has 1 amide bonds. The van der Waals surface area contributed by atoms with Gasteiger partial charge in [-0.15, -0.1) is 21.5 Å². The molecule has 1 fully saturated rings. The highest BCUT2D eigenvalue weighted by molar-refractivity contribution is 7.89. The zero-order valence-electron chi connectivity index (χ0n) is 40.7. The lowest BCUT2D eigenvalue weighted by molar-refractivity contribution is -0.172. The number of nitrogens with zero attached hydrogens (tertiary/aromatic N) is 7. The fraction of sp³-hybridized carbons (Fsp3) is 0.420. The number of hydrogen-bond acceptors (Lipinski definition) is 15. The molecular weight excluding hydrogens is 972 g/mol. The Hall–Kier alpha value is -6.03. The van der Waals surface area contributed by atoms with E-state index in [1.165, 1.54) is 17.6 Å². The number of aromatic nitrogens is 5. The van der Waals surface area contributed by atoms with E-state index in [9.17, 15) is 22.8 Å². The van der Waals surface area contributed by atoms with E-state index >= 15 is 0 Å². The van der Waals surface area contributed by atoms with Gasteiger partial charge in [-0.1, -0.05) is 29.8 Å². The topological polar surface area (TPSA) is 207 Å². The van der Waals surface area contributed by atoms with E-state index in [4.69, 9.17) is 40.3 Å². The number of nitrogens with one attached hydrogen (secondary N) is 1. The Morgan fingerprint density at radius 2 is 1.69 bits per heavy atom. The molecule has 0 unspecified atom stereocenters. The molecule has 1 N–H and O–H groups in total. The molecule has 376 valence electrons. The van der Waals surface area contributed by atoms with Crippen molar-refractivity contribution in [3.05, 3.63) is 111 Å². The lowest BCUT2D eigenvalue weighted by atomic mass is 9.98. The third-order valence-electron chi connectivity index (χ3n) is 12.4. The largest absolute Gasteiger partial charge is 0.496 e. The van der Waals surface area contributed by atoms with Crippen LogP contribution in [0.15, 0.2) is 76.9 Å². The summed E-state index contributed by atoms with van der Waals surface area (Å²) in [5, 5.41) is 17.8. The van der Waals surface area contributed by atoms with Crippen LogP contribution < -0.4 is 10.1 Å². The number of fused-ring (bicyclic) bond motifs is 4. The number of benzene rings is 2. The summed E-state index contributed by atoms with van der Waals surface area (Å²) in [6.07, 6.45) is 3.90. The van der Waals surface area contributed by atoms with Crippen molar-refractivity contribution in [2.75, 3.05) is 53.4 Å². The smallest absolute Gasteiger partial charge is 0.314 e. The van der Waals surface area contributed by atoms with Crippen molar-refractivity contribution in [1.29, 1.82) is 0 Å². The van der Waals surface area contributed by atoms with Crippen molar-refractivity contribution >= 4 is 62.0 Å². The SMILES string of the molecule is COc1cccc(S(=O)(=O)N2CCC(OCCOCCNC(=O)C[C@@H]3N=C(c4ccc(Cl)cc4)c4c(sc(C)c4C)-n4c(C)nnc43)CC2)c1-c1ccn2ncc(CC(=O)OCOC(=O)C(C)(C)C)c2c1. The number of carbonyl (C=O) groups excluding carboxylic acids is 3. The molecule has 0 spiro atoms. The standard InChI is InChI=1S/C50H57ClN8O10S2/c1-30-31(2)70-48-44(30)46(33-11-13-36(51)14-12-33)54-38(47-56-55-32(3)59(47)48)27-42(60)52-18-22-66-23-24-67-37-16-19-57(20-17-37)71(63,64)41-10-8-9-40(65-7)45(41)34-15-21-58-39(25-34)35(28-53-58)26-43(61)68-29-69-49(62)50(4,5)6/h8-15,21,25,28,37-38H,16-20,22-24,26-27,29H2,1-7H3,(H,52,60)/t38-/m0/s1. The van der Waals surface area contributed by atoms with Crippen LogP contribution in [0.25, 0.3) is 21.6 Å². The van der Waals surface area contributed by atoms with Gasteiger partial charge in [-0.25, -0.2) is 12.9 Å². The minimum Gasteiger partial charge on any atom is -0.496 e. The predicted molar refractivity (Wildman–Crippen MR) is 267 cm³/mol. The van der Waals surface area contributed by atoms with Crippen LogP contribution in [0, 0.1) is 26.2 Å². The highest BCUT2D eigenvalue weighted by atomic mass is 35.5. The van der Waals surface area contributed by atoms with Gasteiger partial charge in [-0.3, -0.25) is 23.9 Å². The molecule has 6 heterocycles. The maximum absolute atomic E-state index is 14.4. The van der Waals surface area contributed by atoms with Crippen LogP contribution in [0.2, 0.25) is 5.02 Å². The van der Waals surface area contributed by atoms with E-state index in [0.29, 0.717) is 70.7 Å². The van der Waals surface area contributed by atoms with Crippen molar-refractivity contribution in [2.45, 2.75) is 84.3 Å². The number of carbonyl (C=O) groups is 3. The molecule has 8 rings (SSSR count). The minimum atomic E-state index is -4.01. The number of esters is 2. The lowest BCUT2D eigenvalue weighted by Crippen LogP contribution is -2.41. The minimum absolute atomic E-state index is 0.0573. The van der Waals surface area contributed by atoms with Crippen molar-refractivity contribution in [3.63, 3.8) is 0 Å². The van der Waals surface area contributed by atoms with Crippen LogP contribution in [0.4, 0.5) is 0 Å². The fourth-order valence-electron chi connectivity index (χ4n) is 8.47. The van der Waals surface area contributed by atoms with Crippen LogP contribution in [0.1, 0.15) is 84.9 Å². The molecule has 0 radical (unpaired) electrons. The Bertz CT molecular complexity index is 3080. The second-order valence-corrected chi connectivity index (χ2v) is 21.8. The average molecular weight is 1030 g/mol. The predicted octanol–water partition coefficient (Wildman–Crippen LogP) is 7.15. The second-order valence-electron chi connectivity index (χ2n) is 18.3. The van der Waals surface area contributed by atoms with Crippen molar-refractivity contribution in [2.24, 2.45) is 10.4 Å². The van der Waals surface area contributed by atoms with Gasteiger partial charge in [0.05, 0.1) is 73.6 Å². The highest BCUT2D eigenvalue weighted by Gasteiger charge is 2.35. The molecule has 2 aliphatic rings. The molecular formula is C50H57ClN8O10S2. The molecule has 18 nitrogen and oxygen atoms in total. The first-order valence-corrected chi connectivity index (χ1v) is 25.9. The van der Waals surface area contributed by atoms with Gasteiger partial charge in [0.25, 0.3) is 0 Å². The van der Waals surface area contributed by atoms with Crippen molar-refractivity contribution in [1.82, 2.24) is 34.0 Å². The van der Waals surface area contributed by atoms with Crippen molar-refractivity contribution < 1.29 is 46.5 Å². The highest BCUT2D eigenvalue weighted by Crippen LogP contribution is 2.41. The van der Waals surface area contributed by atoms with Gasteiger partial charge < -0.3 is 29.0 Å². The molecule has 1 saturated heterocycles. The number of piperidine rings is 1. The number of halogens is 1. The number of methoxy groups -OCH3 is 1. The van der Waals surface area contributed by atoms with E-state index in [-0.39, 0.29) is 56.0 Å². The Morgan fingerprint density at radius 1 is 0.930 bits per heavy atom. The van der Waals surface area contributed by atoms with Gasteiger partial charge in [0.15, 0.2) is 5.82 Å². The summed E-state index contributed by atoms with van der Waals surface area (Å²) in [5.41, 5.74) is 5.03. The maximum atomic E-state index is 14.4. The van der Waals surface area contributed by atoms with Crippen LogP contribution in [-0.2, 0) is 49.8 Å². The van der Waals surface area contributed by atoms with E-state index in [1.807, 2.05) is 35.8 Å². The number of amides is 1. The molecule has 21 heteroatoms. The third kappa shape index (κ3) is 11.4. The monoisotopic (exact) mass is 1030 g/mol. The molecule has 0 saturated carbocycles. The van der Waals surface area contributed by atoms with Gasteiger partial charge in [-0.2, -0.15) is 9.40 Å². The molecule has 1 atom stereocenters. The summed E-state index contributed by atoms with van der Waals surface area (Å²) >= 11 is 7.90. The number of pyridine rings is 1. The average Bonchev–Trinajstić information content (AvgIpc) is 3.99. The Balaban J connectivity index is 0.819. The van der Waals surface area contributed by atoms with Gasteiger partial charge in [0.2, 0.25) is 22.7 Å². The normalized spacial score (nSPS) is 15.4. The zero-order chi connectivity index (χ0) is 50.6. The first kappa shape index (κ1) is 51.3. The maximum Gasteiger partial charge on any atom is 0.314 e. The van der Waals surface area contributed by atoms with Crippen molar-refractivity contribution in [3.8, 4) is 21.9 Å². The van der Waals surface area contributed by atoms with Gasteiger partial charge in [0, 0.05) is 58.0 Å². The molecule has 0 bridgehead atoms. The lowest BCUT2D eigenvalue weighted by Gasteiger charge is -2.31. The number of hydrogen-bond donors (Lipinski definition) is 1. The summed E-state index contributed by atoms with van der Waals surface area (Å²) in [5.74, 6) is 0.344. The van der Waals surface area contributed by atoms with Crippen LogP contribution in [0.3, 0.4) is 0 Å². The zero-order valence-corrected chi connectivity index (χ0v) is 43.1. The summed E-state index contributed by atoms with van der Waals surface area (Å²) in [7, 11) is -2.53. The summed E-state index contributed by atoms with van der Waals surface area (Å²) in [4.78, 5) is 44.6. The molecule has 2 aromatic carbocycles. The van der Waals surface area contributed by atoms with E-state index in [1.54, 1.807) is 73.2 Å². The quantitative estimate of drug-likeness (QED) is 0.0516. The molecule has 2 aliphatic heterocycles. The second kappa shape index (κ2) is 21.8. The van der Waals surface area contributed by atoms with E-state index < -0.39 is 40.2 Å². The van der Waals surface area contributed by atoms with E-state index in [2.05, 4.69) is 34.5 Å². The number of sulfonamides is 1. The number of thiophene rings is 1. The van der Waals surface area contributed by atoms with Gasteiger partial charge >= 0.3 is 11.9 Å². The first-order chi connectivity index (χ1) is 33.9. The van der Waals surface area contributed by atoms with Crippen LogP contribution in [-0.4, -0.2) is 120 Å². The number of rotatable bonds is 18.